The molecule has 0 radical (unpaired) electrons. The van der Waals surface area contributed by atoms with E-state index in [9.17, 15) is 4.79 Å². The molecule has 0 bridgehead atoms. The third kappa shape index (κ3) is 5.63. The molecule has 0 saturated carbocycles. The number of nitrogens with zero attached hydrogens (tertiary/aromatic N) is 2. The zero-order valence-electron chi connectivity index (χ0n) is 13.1. The standard InChI is InChI=1S/C16H25BrN2O/c1-12(2)11-19(7-6-18(4)5)16(20)14-8-13(3)9-15(17)10-14/h8-10,12H,6-7,11H2,1-5H3. The number of amides is 1. The molecule has 0 atom stereocenters. The summed E-state index contributed by atoms with van der Waals surface area (Å²) in [6.45, 7) is 8.72. The average molecular weight is 341 g/mol. The number of halogens is 1. The number of rotatable bonds is 6. The average Bonchev–Trinajstić information content (AvgIpc) is 2.31. The molecule has 4 heteroatoms. The van der Waals surface area contributed by atoms with Crippen LogP contribution in [0.15, 0.2) is 22.7 Å². The van der Waals surface area contributed by atoms with Gasteiger partial charge in [-0.1, -0.05) is 29.8 Å². The van der Waals surface area contributed by atoms with Gasteiger partial charge in [0.1, 0.15) is 0 Å². The second-order valence-corrected chi connectivity index (χ2v) is 6.88. The summed E-state index contributed by atoms with van der Waals surface area (Å²) in [7, 11) is 4.06. The summed E-state index contributed by atoms with van der Waals surface area (Å²) in [6.07, 6.45) is 0. The van der Waals surface area contributed by atoms with Gasteiger partial charge in [-0.3, -0.25) is 4.79 Å². The maximum atomic E-state index is 12.7. The van der Waals surface area contributed by atoms with Crippen LogP contribution in [0.5, 0.6) is 0 Å². The third-order valence-electron chi connectivity index (χ3n) is 2.98. The minimum absolute atomic E-state index is 0.116. The lowest BCUT2D eigenvalue weighted by molar-refractivity contribution is 0.0724. The molecule has 20 heavy (non-hydrogen) atoms. The zero-order valence-corrected chi connectivity index (χ0v) is 14.7. The van der Waals surface area contributed by atoms with Crippen molar-refractivity contribution in [3.8, 4) is 0 Å². The minimum Gasteiger partial charge on any atom is -0.337 e. The predicted octanol–water partition coefficient (Wildman–Crippen LogP) is 3.42. The van der Waals surface area contributed by atoms with Crippen molar-refractivity contribution in [3.05, 3.63) is 33.8 Å². The van der Waals surface area contributed by atoms with Crippen LogP contribution < -0.4 is 0 Å². The number of likely N-dealkylation sites (N-methyl/N-ethyl adjacent to an activating group) is 1. The van der Waals surface area contributed by atoms with Crippen LogP contribution in [0.4, 0.5) is 0 Å². The van der Waals surface area contributed by atoms with Crippen molar-refractivity contribution < 1.29 is 4.79 Å². The first-order chi connectivity index (χ1) is 9.29. The van der Waals surface area contributed by atoms with E-state index in [1.54, 1.807) is 0 Å². The fourth-order valence-electron chi connectivity index (χ4n) is 2.08. The Morgan fingerprint density at radius 3 is 2.35 bits per heavy atom. The summed E-state index contributed by atoms with van der Waals surface area (Å²) in [5.41, 5.74) is 1.86. The maximum Gasteiger partial charge on any atom is 0.253 e. The molecule has 0 aliphatic heterocycles. The Balaban J connectivity index is 2.90. The third-order valence-corrected chi connectivity index (χ3v) is 3.44. The van der Waals surface area contributed by atoms with E-state index in [1.165, 1.54) is 0 Å². The van der Waals surface area contributed by atoms with Crippen molar-refractivity contribution in [2.75, 3.05) is 33.7 Å². The van der Waals surface area contributed by atoms with E-state index in [2.05, 4.69) is 34.7 Å². The van der Waals surface area contributed by atoms with E-state index in [0.717, 1.165) is 35.2 Å². The molecule has 3 nitrogen and oxygen atoms in total. The largest absolute Gasteiger partial charge is 0.337 e. The Labute approximate surface area is 131 Å². The van der Waals surface area contributed by atoms with Crippen LogP contribution in [0.25, 0.3) is 0 Å². The van der Waals surface area contributed by atoms with Crippen molar-refractivity contribution in [1.29, 1.82) is 0 Å². The van der Waals surface area contributed by atoms with Crippen molar-refractivity contribution in [1.82, 2.24) is 9.80 Å². The first-order valence-electron chi connectivity index (χ1n) is 7.00. The van der Waals surface area contributed by atoms with Crippen molar-refractivity contribution in [2.24, 2.45) is 5.92 Å². The molecule has 0 aliphatic rings. The second-order valence-electron chi connectivity index (χ2n) is 5.97. The summed E-state index contributed by atoms with van der Waals surface area (Å²) in [5, 5.41) is 0. The Morgan fingerprint density at radius 2 is 1.85 bits per heavy atom. The van der Waals surface area contributed by atoms with Gasteiger partial charge in [0.05, 0.1) is 0 Å². The molecular formula is C16H25BrN2O. The molecule has 0 saturated heterocycles. The fraction of sp³-hybridized carbons (Fsp3) is 0.562. The molecule has 1 rings (SSSR count). The number of hydrogen-bond acceptors (Lipinski definition) is 2. The molecule has 0 spiro atoms. The van der Waals surface area contributed by atoms with Gasteiger partial charge in [0.15, 0.2) is 0 Å². The normalized spacial score (nSPS) is 11.2. The Morgan fingerprint density at radius 1 is 1.20 bits per heavy atom. The molecule has 1 aromatic carbocycles. The second kappa shape index (κ2) is 7.79. The molecule has 0 fully saturated rings. The van der Waals surface area contributed by atoms with Crippen LogP contribution in [0.1, 0.15) is 29.8 Å². The molecular weight excluding hydrogens is 316 g/mol. The SMILES string of the molecule is Cc1cc(Br)cc(C(=O)N(CCN(C)C)CC(C)C)c1. The highest BCUT2D eigenvalue weighted by molar-refractivity contribution is 9.10. The summed E-state index contributed by atoms with van der Waals surface area (Å²) in [4.78, 5) is 16.7. The van der Waals surface area contributed by atoms with Crippen LogP contribution in [0.3, 0.4) is 0 Å². The van der Waals surface area contributed by atoms with Crippen LogP contribution in [-0.2, 0) is 0 Å². The van der Waals surface area contributed by atoms with Crippen LogP contribution in [0.2, 0.25) is 0 Å². The van der Waals surface area contributed by atoms with E-state index in [4.69, 9.17) is 0 Å². The van der Waals surface area contributed by atoms with Crippen LogP contribution >= 0.6 is 15.9 Å². The molecule has 0 aliphatic carbocycles. The van der Waals surface area contributed by atoms with Gasteiger partial charge in [0.25, 0.3) is 5.91 Å². The van der Waals surface area contributed by atoms with Crippen LogP contribution in [-0.4, -0.2) is 49.4 Å². The van der Waals surface area contributed by atoms with E-state index in [-0.39, 0.29) is 5.91 Å². The maximum absolute atomic E-state index is 12.7. The van der Waals surface area contributed by atoms with E-state index in [0.29, 0.717) is 5.92 Å². The zero-order chi connectivity index (χ0) is 15.3. The topological polar surface area (TPSA) is 23.6 Å². The van der Waals surface area contributed by atoms with Crippen molar-refractivity contribution in [3.63, 3.8) is 0 Å². The summed E-state index contributed by atoms with van der Waals surface area (Å²) < 4.78 is 0.956. The van der Waals surface area contributed by atoms with Gasteiger partial charge < -0.3 is 9.80 Å². The summed E-state index contributed by atoms with van der Waals surface area (Å²) in [5.74, 6) is 0.583. The van der Waals surface area contributed by atoms with E-state index >= 15 is 0 Å². The number of carbonyl (C=O) groups is 1. The van der Waals surface area contributed by atoms with Crippen molar-refractivity contribution in [2.45, 2.75) is 20.8 Å². The van der Waals surface area contributed by atoms with Gasteiger partial charge in [-0.15, -0.1) is 0 Å². The predicted molar refractivity (Wildman–Crippen MR) is 88.2 cm³/mol. The molecule has 0 unspecified atom stereocenters. The molecule has 0 N–H and O–H groups in total. The highest BCUT2D eigenvalue weighted by Crippen LogP contribution is 2.17. The highest BCUT2D eigenvalue weighted by atomic mass is 79.9. The Hall–Kier alpha value is -0.870. The Bertz CT molecular complexity index is 438. The van der Waals surface area contributed by atoms with Gasteiger partial charge in [-0.25, -0.2) is 0 Å². The van der Waals surface area contributed by atoms with Gasteiger partial charge in [-0.05, 0) is 50.7 Å². The molecule has 1 aromatic rings. The number of carbonyl (C=O) groups excluding carboxylic acids is 1. The number of hydrogen-bond donors (Lipinski definition) is 0. The highest BCUT2D eigenvalue weighted by Gasteiger charge is 2.17. The summed E-state index contributed by atoms with van der Waals surface area (Å²) >= 11 is 3.46. The van der Waals surface area contributed by atoms with E-state index in [1.807, 2.05) is 44.1 Å². The quantitative estimate of drug-likeness (QED) is 0.792. The van der Waals surface area contributed by atoms with Gasteiger partial charge in [0, 0.05) is 29.7 Å². The summed E-state index contributed by atoms with van der Waals surface area (Å²) in [6, 6.07) is 5.87. The monoisotopic (exact) mass is 340 g/mol. The van der Waals surface area contributed by atoms with Crippen molar-refractivity contribution >= 4 is 21.8 Å². The van der Waals surface area contributed by atoms with E-state index < -0.39 is 0 Å². The smallest absolute Gasteiger partial charge is 0.253 e. The van der Waals surface area contributed by atoms with Crippen LogP contribution in [0, 0.1) is 12.8 Å². The number of aryl methyl sites for hydroxylation is 1. The number of benzene rings is 1. The Kier molecular flexibility index (Phi) is 6.69. The minimum atomic E-state index is 0.116. The molecule has 0 aromatic heterocycles. The lowest BCUT2D eigenvalue weighted by Gasteiger charge is -2.26. The lowest BCUT2D eigenvalue weighted by Crippen LogP contribution is -2.39. The lowest BCUT2D eigenvalue weighted by atomic mass is 10.1. The first kappa shape index (κ1) is 17.2. The molecule has 0 heterocycles. The van der Waals surface area contributed by atoms with Gasteiger partial charge in [-0.2, -0.15) is 0 Å². The molecule has 112 valence electrons. The molecule has 1 amide bonds. The van der Waals surface area contributed by atoms with Gasteiger partial charge in [0.2, 0.25) is 0 Å². The first-order valence-corrected chi connectivity index (χ1v) is 7.80. The van der Waals surface area contributed by atoms with Gasteiger partial charge >= 0.3 is 0 Å². The fourth-order valence-corrected chi connectivity index (χ4v) is 2.69.